The summed E-state index contributed by atoms with van der Waals surface area (Å²) >= 11 is 11.7. The molecule has 0 unspecified atom stereocenters. The lowest BCUT2D eigenvalue weighted by molar-refractivity contribution is -0.116. The zero-order valence-corrected chi connectivity index (χ0v) is 17.4. The fraction of sp³-hybridized carbons (Fsp3) is 0.278. The first-order chi connectivity index (χ1) is 12.6. The van der Waals surface area contributed by atoms with Crippen molar-refractivity contribution < 1.29 is 18.3 Å². The number of hydrogen-bond donors (Lipinski definition) is 2. The minimum absolute atomic E-state index is 0.0199. The maximum Gasteiger partial charge on any atom is 0.247 e. The molecule has 1 amide bonds. The van der Waals surface area contributed by atoms with E-state index in [0.29, 0.717) is 5.69 Å². The van der Waals surface area contributed by atoms with Gasteiger partial charge in [0.05, 0.1) is 11.6 Å². The van der Waals surface area contributed by atoms with Gasteiger partial charge in [-0.2, -0.15) is 4.31 Å². The second-order valence-electron chi connectivity index (χ2n) is 5.98. The molecular weight excluding hydrogens is 411 g/mol. The van der Waals surface area contributed by atoms with Gasteiger partial charge in [0.15, 0.2) is 5.75 Å². The van der Waals surface area contributed by atoms with E-state index in [-0.39, 0.29) is 16.6 Å². The van der Waals surface area contributed by atoms with E-state index in [2.05, 4.69) is 5.32 Å². The summed E-state index contributed by atoms with van der Waals surface area (Å²) in [7, 11) is -4.18. The molecule has 0 aliphatic rings. The Bertz CT molecular complexity index is 957. The van der Waals surface area contributed by atoms with E-state index in [9.17, 15) is 18.3 Å². The lowest BCUT2D eigenvalue weighted by atomic mass is 10.1. The third-order valence-corrected chi connectivity index (χ3v) is 6.47. The van der Waals surface area contributed by atoms with Gasteiger partial charge in [0.1, 0.15) is 4.90 Å². The van der Waals surface area contributed by atoms with Gasteiger partial charge in [0, 0.05) is 17.3 Å². The normalized spacial score (nSPS) is 11.6. The number of carbonyl (C=O) groups is 1. The SMILES string of the molecule is CCN(CC(=O)Nc1c(C)cccc1C)S(=O)(=O)c1cc(Cl)cc(Cl)c1O. The third kappa shape index (κ3) is 4.73. The highest BCUT2D eigenvalue weighted by atomic mass is 35.5. The molecule has 2 N–H and O–H groups in total. The molecule has 0 atom stereocenters. The minimum Gasteiger partial charge on any atom is -0.505 e. The van der Waals surface area contributed by atoms with Crippen LogP contribution in [-0.2, 0) is 14.8 Å². The van der Waals surface area contributed by atoms with Crippen LogP contribution in [0.1, 0.15) is 18.1 Å². The molecule has 0 spiro atoms. The molecule has 9 heteroatoms. The van der Waals surface area contributed by atoms with Gasteiger partial charge in [0.25, 0.3) is 0 Å². The number of phenols is 1. The van der Waals surface area contributed by atoms with Crippen molar-refractivity contribution in [2.24, 2.45) is 0 Å². The van der Waals surface area contributed by atoms with Crippen molar-refractivity contribution >= 4 is 44.8 Å². The van der Waals surface area contributed by atoms with Crippen molar-refractivity contribution in [3.8, 4) is 5.75 Å². The predicted molar refractivity (Wildman–Crippen MR) is 107 cm³/mol. The fourth-order valence-corrected chi connectivity index (χ4v) is 4.75. The summed E-state index contributed by atoms with van der Waals surface area (Å²) in [6.07, 6.45) is 0. The van der Waals surface area contributed by atoms with Crippen molar-refractivity contribution in [2.75, 3.05) is 18.4 Å². The largest absolute Gasteiger partial charge is 0.505 e. The van der Waals surface area contributed by atoms with Gasteiger partial charge >= 0.3 is 0 Å². The molecule has 0 heterocycles. The molecule has 2 rings (SSSR count). The van der Waals surface area contributed by atoms with Gasteiger partial charge in [-0.25, -0.2) is 8.42 Å². The first-order valence-corrected chi connectivity index (χ1v) is 10.3. The number of aryl methyl sites for hydroxylation is 2. The molecule has 0 aliphatic carbocycles. The highest BCUT2D eigenvalue weighted by molar-refractivity contribution is 7.89. The number of carbonyl (C=O) groups excluding carboxylic acids is 1. The van der Waals surface area contributed by atoms with Crippen molar-refractivity contribution in [2.45, 2.75) is 25.7 Å². The summed E-state index contributed by atoms with van der Waals surface area (Å²) in [5.41, 5.74) is 2.38. The van der Waals surface area contributed by atoms with E-state index in [1.54, 1.807) is 6.92 Å². The number of likely N-dealkylation sites (N-methyl/N-ethyl adjacent to an activating group) is 1. The number of halogens is 2. The summed E-state index contributed by atoms with van der Waals surface area (Å²) in [5.74, 6) is -1.10. The summed E-state index contributed by atoms with van der Waals surface area (Å²) in [6, 6.07) is 7.91. The monoisotopic (exact) mass is 430 g/mol. The van der Waals surface area contributed by atoms with Crippen molar-refractivity contribution in [3.63, 3.8) is 0 Å². The van der Waals surface area contributed by atoms with E-state index in [1.807, 2.05) is 32.0 Å². The molecule has 0 saturated carbocycles. The molecule has 0 bridgehead atoms. The number of rotatable bonds is 6. The van der Waals surface area contributed by atoms with Gasteiger partial charge in [-0.1, -0.05) is 48.3 Å². The average Bonchev–Trinajstić information content (AvgIpc) is 2.59. The van der Waals surface area contributed by atoms with Crippen LogP contribution in [0.4, 0.5) is 5.69 Å². The lowest BCUT2D eigenvalue weighted by Gasteiger charge is -2.21. The number of para-hydroxylation sites is 1. The molecule has 0 fully saturated rings. The van der Waals surface area contributed by atoms with Crippen molar-refractivity contribution in [1.82, 2.24) is 4.31 Å². The van der Waals surface area contributed by atoms with Crippen molar-refractivity contribution in [3.05, 3.63) is 51.5 Å². The Balaban J connectivity index is 2.30. The predicted octanol–water partition coefficient (Wildman–Crippen LogP) is 3.97. The highest BCUT2D eigenvalue weighted by Gasteiger charge is 2.29. The average molecular weight is 431 g/mol. The first kappa shape index (κ1) is 21.5. The Morgan fingerprint density at radius 3 is 2.33 bits per heavy atom. The van der Waals surface area contributed by atoms with E-state index < -0.39 is 33.1 Å². The Morgan fingerprint density at radius 1 is 1.19 bits per heavy atom. The molecule has 0 aromatic heterocycles. The van der Waals surface area contributed by atoms with E-state index in [1.165, 1.54) is 6.07 Å². The zero-order chi connectivity index (χ0) is 20.4. The number of phenolic OH excluding ortho intramolecular Hbond substituents is 1. The summed E-state index contributed by atoms with van der Waals surface area (Å²) in [6.45, 7) is 4.89. The third-order valence-electron chi connectivity index (χ3n) is 4.03. The molecule has 2 aromatic carbocycles. The Hall–Kier alpha value is -1.80. The lowest BCUT2D eigenvalue weighted by Crippen LogP contribution is -2.38. The number of aromatic hydroxyl groups is 1. The van der Waals surface area contributed by atoms with Gasteiger partial charge in [-0.3, -0.25) is 4.79 Å². The summed E-state index contributed by atoms with van der Waals surface area (Å²) in [4.78, 5) is 12.0. The number of nitrogens with one attached hydrogen (secondary N) is 1. The van der Waals surface area contributed by atoms with Gasteiger partial charge in [0.2, 0.25) is 15.9 Å². The van der Waals surface area contributed by atoms with Crippen LogP contribution in [0.3, 0.4) is 0 Å². The number of nitrogens with zero attached hydrogens (tertiary/aromatic N) is 1. The van der Waals surface area contributed by atoms with Gasteiger partial charge in [-0.15, -0.1) is 0 Å². The molecule has 2 aromatic rings. The van der Waals surface area contributed by atoms with Crippen LogP contribution in [0.2, 0.25) is 10.0 Å². The maximum absolute atomic E-state index is 12.9. The van der Waals surface area contributed by atoms with Crippen LogP contribution in [0.15, 0.2) is 35.2 Å². The molecule has 146 valence electrons. The van der Waals surface area contributed by atoms with E-state index in [4.69, 9.17) is 23.2 Å². The maximum atomic E-state index is 12.9. The van der Waals surface area contributed by atoms with Crippen molar-refractivity contribution in [1.29, 1.82) is 0 Å². The van der Waals surface area contributed by atoms with Crippen LogP contribution in [0, 0.1) is 13.8 Å². The Morgan fingerprint density at radius 2 is 1.78 bits per heavy atom. The van der Waals surface area contributed by atoms with Gasteiger partial charge in [-0.05, 0) is 37.1 Å². The quantitative estimate of drug-likeness (QED) is 0.725. The van der Waals surface area contributed by atoms with E-state index in [0.717, 1.165) is 21.5 Å². The zero-order valence-electron chi connectivity index (χ0n) is 15.1. The Labute approximate surface area is 168 Å². The van der Waals surface area contributed by atoms with Crippen LogP contribution >= 0.6 is 23.2 Å². The summed E-state index contributed by atoms with van der Waals surface area (Å²) < 4.78 is 26.7. The standard InChI is InChI=1S/C18H20Cl2N2O4S/c1-4-22(10-16(23)21-17-11(2)6-5-7-12(17)3)27(25,26)15-9-13(19)8-14(20)18(15)24/h5-9,24H,4,10H2,1-3H3,(H,21,23). The number of benzene rings is 2. The number of sulfonamides is 1. The van der Waals surface area contributed by atoms with Crippen LogP contribution < -0.4 is 5.32 Å². The molecule has 0 saturated heterocycles. The summed E-state index contributed by atoms with van der Waals surface area (Å²) in [5, 5.41) is 12.7. The molecule has 6 nitrogen and oxygen atoms in total. The van der Waals surface area contributed by atoms with Crippen LogP contribution in [0.25, 0.3) is 0 Å². The van der Waals surface area contributed by atoms with Crippen LogP contribution in [0.5, 0.6) is 5.75 Å². The smallest absolute Gasteiger partial charge is 0.247 e. The number of anilines is 1. The number of hydrogen-bond acceptors (Lipinski definition) is 4. The van der Waals surface area contributed by atoms with Crippen LogP contribution in [-0.4, -0.2) is 36.8 Å². The molecule has 0 aliphatic heterocycles. The first-order valence-electron chi connectivity index (χ1n) is 8.12. The second kappa shape index (κ2) is 8.48. The molecular formula is C18H20Cl2N2O4S. The topological polar surface area (TPSA) is 86.7 Å². The second-order valence-corrected chi connectivity index (χ2v) is 8.73. The number of amides is 1. The minimum atomic E-state index is -4.18. The molecule has 27 heavy (non-hydrogen) atoms. The fourth-order valence-electron chi connectivity index (χ4n) is 2.60. The molecule has 0 radical (unpaired) electrons. The highest BCUT2D eigenvalue weighted by Crippen LogP contribution is 2.35. The Kier molecular flexibility index (Phi) is 6.75. The van der Waals surface area contributed by atoms with Gasteiger partial charge < -0.3 is 10.4 Å². The van der Waals surface area contributed by atoms with E-state index >= 15 is 0 Å².